The van der Waals surface area contributed by atoms with Crippen molar-refractivity contribution in [2.24, 2.45) is 0 Å². The first-order valence-corrected chi connectivity index (χ1v) is 10.9. The molecule has 8 heteroatoms. The number of carbonyl (C=O) groups is 1. The molecule has 3 rings (SSSR count). The average molecular weight is 502 g/mol. The summed E-state index contributed by atoms with van der Waals surface area (Å²) in [5, 5.41) is 12.9. The molecule has 168 valence electrons. The number of benzene rings is 3. The van der Waals surface area contributed by atoms with Gasteiger partial charge in [-0.1, -0.05) is 70.7 Å². The fraction of sp³-hybridized carbons (Fsp3) is 0.120. The van der Waals surface area contributed by atoms with Gasteiger partial charge >= 0.3 is 0 Å². The Labute approximate surface area is 207 Å². The first-order valence-electron chi connectivity index (χ1n) is 9.75. The SMILES string of the molecule is COc1cc(/C=C(/C#N)C(=O)Nc2cccc(Cl)c2Cl)cc(Cl)c1OCc1cccc(C)c1. The highest BCUT2D eigenvalue weighted by Gasteiger charge is 2.16. The van der Waals surface area contributed by atoms with Crippen LogP contribution in [0.5, 0.6) is 11.5 Å². The molecule has 0 bridgehead atoms. The standard InChI is InChI=1S/C25H19Cl3N2O3/c1-15-5-3-6-16(9-15)14-33-24-20(27)11-17(12-22(24)32-2)10-18(13-29)25(31)30-21-8-4-7-19(26)23(21)28/h3-12H,14H2,1-2H3,(H,30,31)/b18-10-. The molecular formula is C25H19Cl3N2O3. The van der Waals surface area contributed by atoms with Crippen LogP contribution in [0.2, 0.25) is 15.1 Å². The number of halogens is 3. The molecule has 0 aliphatic heterocycles. The van der Waals surface area contributed by atoms with Gasteiger partial charge in [-0.05, 0) is 48.4 Å². The number of nitriles is 1. The summed E-state index contributed by atoms with van der Waals surface area (Å²) < 4.78 is 11.3. The van der Waals surface area contributed by atoms with Crippen LogP contribution in [-0.2, 0) is 11.4 Å². The van der Waals surface area contributed by atoms with Crippen molar-refractivity contribution < 1.29 is 14.3 Å². The topological polar surface area (TPSA) is 71.3 Å². The first-order chi connectivity index (χ1) is 15.8. The second-order valence-electron chi connectivity index (χ2n) is 7.04. The number of ether oxygens (including phenoxy) is 2. The predicted octanol–water partition coefficient (Wildman–Crippen LogP) is 7.09. The maximum Gasteiger partial charge on any atom is 0.266 e. The zero-order valence-corrected chi connectivity index (χ0v) is 20.1. The summed E-state index contributed by atoms with van der Waals surface area (Å²) in [6.45, 7) is 2.31. The van der Waals surface area contributed by atoms with E-state index in [1.807, 2.05) is 37.3 Å². The summed E-state index contributed by atoms with van der Waals surface area (Å²) in [5.41, 5.74) is 2.74. The molecule has 0 saturated heterocycles. The number of nitrogens with one attached hydrogen (secondary N) is 1. The van der Waals surface area contributed by atoms with Crippen LogP contribution in [0.4, 0.5) is 5.69 Å². The van der Waals surface area contributed by atoms with E-state index in [0.717, 1.165) is 11.1 Å². The van der Waals surface area contributed by atoms with E-state index in [1.54, 1.807) is 30.3 Å². The van der Waals surface area contributed by atoms with E-state index in [4.69, 9.17) is 44.3 Å². The Kier molecular flexibility index (Phi) is 8.24. The molecule has 1 amide bonds. The van der Waals surface area contributed by atoms with Crippen LogP contribution in [-0.4, -0.2) is 13.0 Å². The minimum Gasteiger partial charge on any atom is -0.493 e. The van der Waals surface area contributed by atoms with Gasteiger partial charge < -0.3 is 14.8 Å². The quantitative estimate of drug-likeness (QED) is 0.277. The van der Waals surface area contributed by atoms with E-state index in [-0.39, 0.29) is 20.6 Å². The minimum absolute atomic E-state index is 0.155. The molecule has 3 aromatic rings. The third-order valence-electron chi connectivity index (χ3n) is 4.59. The molecule has 0 saturated carbocycles. The summed E-state index contributed by atoms with van der Waals surface area (Å²) in [4.78, 5) is 12.6. The second kappa shape index (κ2) is 11.1. The number of amides is 1. The van der Waals surface area contributed by atoms with Gasteiger partial charge in [0.2, 0.25) is 0 Å². The number of hydrogen-bond acceptors (Lipinski definition) is 4. The van der Waals surface area contributed by atoms with E-state index in [1.165, 1.54) is 13.2 Å². The van der Waals surface area contributed by atoms with Crippen molar-refractivity contribution in [3.8, 4) is 17.6 Å². The summed E-state index contributed by atoms with van der Waals surface area (Å²) >= 11 is 18.5. The number of aryl methyl sites for hydroxylation is 1. The Morgan fingerprint density at radius 3 is 2.55 bits per heavy atom. The van der Waals surface area contributed by atoms with Crippen molar-refractivity contribution >= 4 is 52.5 Å². The molecule has 0 aliphatic carbocycles. The van der Waals surface area contributed by atoms with E-state index in [0.29, 0.717) is 29.4 Å². The van der Waals surface area contributed by atoms with Gasteiger partial charge in [0.1, 0.15) is 18.2 Å². The highest BCUT2D eigenvalue weighted by atomic mass is 35.5. The van der Waals surface area contributed by atoms with Crippen molar-refractivity contribution in [1.29, 1.82) is 5.26 Å². The lowest BCUT2D eigenvalue weighted by Gasteiger charge is -2.14. The lowest BCUT2D eigenvalue weighted by molar-refractivity contribution is -0.112. The number of hydrogen-bond donors (Lipinski definition) is 1. The largest absolute Gasteiger partial charge is 0.493 e. The first kappa shape index (κ1) is 24.5. The summed E-state index contributed by atoms with van der Waals surface area (Å²) in [6, 6.07) is 17.8. The van der Waals surface area contributed by atoms with Crippen LogP contribution < -0.4 is 14.8 Å². The molecule has 0 heterocycles. The van der Waals surface area contributed by atoms with Crippen molar-refractivity contribution in [2.45, 2.75) is 13.5 Å². The summed E-state index contributed by atoms with van der Waals surface area (Å²) in [7, 11) is 1.48. The molecular weight excluding hydrogens is 483 g/mol. The number of anilines is 1. The van der Waals surface area contributed by atoms with Crippen LogP contribution in [0, 0.1) is 18.3 Å². The molecule has 0 aliphatic rings. The van der Waals surface area contributed by atoms with Gasteiger partial charge in [0.05, 0.1) is 27.9 Å². The monoisotopic (exact) mass is 500 g/mol. The molecule has 0 radical (unpaired) electrons. The molecule has 3 aromatic carbocycles. The normalized spacial score (nSPS) is 11.0. The zero-order valence-electron chi connectivity index (χ0n) is 17.8. The third-order valence-corrected chi connectivity index (χ3v) is 5.69. The van der Waals surface area contributed by atoms with Crippen molar-refractivity contribution in [2.75, 3.05) is 12.4 Å². The Morgan fingerprint density at radius 1 is 1.09 bits per heavy atom. The highest BCUT2D eigenvalue weighted by Crippen LogP contribution is 2.37. The Morgan fingerprint density at radius 2 is 1.85 bits per heavy atom. The molecule has 0 atom stereocenters. The molecule has 0 fully saturated rings. The molecule has 0 spiro atoms. The van der Waals surface area contributed by atoms with Crippen LogP contribution in [0.1, 0.15) is 16.7 Å². The van der Waals surface area contributed by atoms with E-state index >= 15 is 0 Å². The Bertz CT molecular complexity index is 1270. The van der Waals surface area contributed by atoms with Crippen LogP contribution in [0.3, 0.4) is 0 Å². The summed E-state index contributed by atoms with van der Waals surface area (Å²) in [5.74, 6) is 0.0972. The van der Waals surface area contributed by atoms with Gasteiger partial charge in [-0.2, -0.15) is 5.26 Å². The number of rotatable bonds is 7. The van der Waals surface area contributed by atoms with Crippen LogP contribution in [0.15, 0.2) is 60.2 Å². The summed E-state index contributed by atoms with van der Waals surface area (Å²) in [6.07, 6.45) is 1.40. The second-order valence-corrected chi connectivity index (χ2v) is 8.23. The van der Waals surface area contributed by atoms with Gasteiger partial charge in [0.15, 0.2) is 11.5 Å². The van der Waals surface area contributed by atoms with Gasteiger partial charge in [-0.15, -0.1) is 0 Å². The number of methoxy groups -OCH3 is 1. The Hall–Kier alpha value is -3.17. The Balaban J connectivity index is 1.84. The van der Waals surface area contributed by atoms with Crippen molar-refractivity contribution in [3.05, 3.63) is 91.9 Å². The van der Waals surface area contributed by atoms with E-state index in [9.17, 15) is 10.1 Å². The average Bonchev–Trinajstić information content (AvgIpc) is 2.79. The van der Waals surface area contributed by atoms with E-state index < -0.39 is 5.91 Å². The van der Waals surface area contributed by atoms with E-state index in [2.05, 4.69) is 5.32 Å². The highest BCUT2D eigenvalue weighted by molar-refractivity contribution is 6.44. The van der Waals surface area contributed by atoms with Crippen LogP contribution in [0.25, 0.3) is 6.08 Å². The van der Waals surface area contributed by atoms with Crippen molar-refractivity contribution in [3.63, 3.8) is 0 Å². The zero-order chi connectivity index (χ0) is 24.0. The van der Waals surface area contributed by atoms with Gasteiger partial charge in [0, 0.05) is 0 Å². The van der Waals surface area contributed by atoms with Crippen LogP contribution >= 0.6 is 34.8 Å². The van der Waals surface area contributed by atoms with Gasteiger partial charge in [-0.25, -0.2) is 0 Å². The number of carbonyl (C=O) groups excluding carboxylic acids is 1. The smallest absolute Gasteiger partial charge is 0.266 e. The third kappa shape index (κ3) is 6.21. The number of nitrogens with zero attached hydrogens (tertiary/aromatic N) is 1. The maximum atomic E-state index is 12.6. The lowest BCUT2D eigenvalue weighted by Crippen LogP contribution is -2.13. The maximum absolute atomic E-state index is 12.6. The lowest BCUT2D eigenvalue weighted by atomic mass is 10.1. The predicted molar refractivity (Wildman–Crippen MR) is 132 cm³/mol. The van der Waals surface area contributed by atoms with Crippen molar-refractivity contribution in [1.82, 2.24) is 0 Å². The van der Waals surface area contributed by atoms with Gasteiger partial charge in [-0.3, -0.25) is 4.79 Å². The molecule has 0 unspecified atom stereocenters. The fourth-order valence-corrected chi connectivity index (χ4v) is 3.65. The van der Waals surface area contributed by atoms with Gasteiger partial charge in [0.25, 0.3) is 5.91 Å². The molecule has 5 nitrogen and oxygen atoms in total. The fourth-order valence-electron chi connectivity index (χ4n) is 3.03. The molecule has 33 heavy (non-hydrogen) atoms. The molecule has 0 aromatic heterocycles. The molecule has 1 N–H and O–H groups in total. The minimum atomic E-state index is -0.642.